The lowest BCUT2D eigenvalue weighted by Crippen LogP contribution is -2.18. The number of rotatable bonds is 5. The van der Waals surface area contributed by atoms with Crippen molar-refractivity contribution in [2.75, 3.05) is 11.9 Å². The molecule has 0 aliphatic rings. The Kier molecular flexibility index (Phi) is 5.59. The molecule has 0 radical (unpaired) electrons. The van der Waals surface area contributed by atoms with E-state index in [0.717, 1.165) is 17.0 Å². The van der Waals surface area contributed by atoms with Crippen LogP contribution in [0.4, 0.5) is 5.00 Å². The number of aryl methyl sites for hydroxylation is 1. The highest BCUT2D eigenvalue weighted by atomic mass is 32.1. The molecule has 132 valence electrons. The van der Waals surface area contributed by atoms with Gasteiger partial charge in [-0.15, -0.1) is 11.3 Å². The lowest BCUT2D eigenvalue weighted by Gasteiger charge is -2.10. The van der Waals surface area contributed by atoms with Crippen molar-refractivity contribution in [3.05, 3.63) is 33.5 Å². The molecular weight excluding hydrogens is 340 g/mol. The molecule has 2 rings (SSSR count). The summed E-state index contributed by atoms with van der Waals surface area (Å²) >= 11 is 1.04. The SMILES string of the molecule is CCOC(=O)c1sc(NC(=O)c2cc(C)nn2C(C)C)c(C#N)c1C. The first-order chi connectivity index (χ1) is 11.8. The molecule has 1 amide bonds. The van der Waals surface area contributed by atoms with Gasteiger partial charge in [0, 0.05) is 6.04 Å². The summed E-state index contributed by atoms with van der Waals surface area (Å²) in [6.45, 7) is 9.29. The zero-order valence-corrected chi connectivity index (χ0v) is 15.7. The average Bonchev–Trinajstić information content (AvgIpc) is 3.08. The van der Waals surface area contributed by atoms with Crippen LogP contribution >= 0.6 is 11.3 Å². The fourth-order valence-electron chi connectivity index (χ4n) is 2.37. The minimum absolute atomic E-state index is 0.0186. The molecule has 0 fully saturated rings. The highest BCUT2D eigenvalue weighted by molar-refractivity contribution is 7.18. The minimum atomic E-state index is -0.495. The Bertz CT molecular complexity index is 858. The molecule has 0 spiro atoms. The number of carbonyl (C=O) groups is 2. The summed E-state index contributed by atoms with van der Waals surface area (Å²) in [6, 6.07) is 3.75. The zero-order valence-electron chi connectivity index (χ0n) is 14.8. The van der Waals surface area contributed by atoms with Crippen LogP contribution in [-0.4, -0.2) is 28.3 Å². The van der Waals surface area contributed by atoms with Gasteiger partial charge in [-0.05, 0) is 46.2 Å². The number of hydrogen-bond acceptors (Lipinski definition) is 6. The number of nitrogens with one attached hydrogen (secondary N) is 1. The molecule has 1 N–H and O–H groups in total. The second-order valence-corrected chi connectivity index (χ2v) is 6.78. The monoisotopic (exact) mass is 360 g/mol. The van der Waals surface area contributed by atoms with E-state index in [4.69, 9.17) is 4.74 Å². The maximum absolute atomic E-state index is 12.6. The predicted octanol–water partition coefficient (Wildman–Crippen LogP) is 3.44. The highest BCUT2D eigenvalue weighted by Gasteiger charge is 2.24. The van der Waals surface area contributed by atoms with Crippen molar-refractivity contribution < 1.29 is 14.3 Å². The van der Waals surface area contributed by atoms with Crippen LogP contribution in [0.15, 0.2) is 6.07 Å². The Balaban J connectivity index is 2.38. The number of esters is 1. The van der Waals surface area contributed by atoms with Gasteiger partial charge in [-0.1, -0.05) is 0 Å². The van der Waals surface area contributed by atoms with E-state index in [2.05, 4.69) is 10.4 Å². The molecule has 0 aliphatic heterocycles. The molecule has 2 aromatic heterocycles. The van der Waals surface area contributed by atoms with Gasteiger partial charge in [0.15, 0.2) is 0 Å². The van der Waals surface area contributed by atoms with Crippen molar-refractivity contribution in [3.8, 4) is 6.07 Å². The Morgan fingerprint density at radius 2 is 2.12 bits per heavy atom. The van der Waals surface area contributed by atoms with Gasteiger partial charge in [-0.25, -0.2) is 4.79 Å². The predicted molar refractivity (Wildman–Crippen MR) is 95.0 cm³/mol. The number of nitriles is 1. The number of aromatic nitrogens is 2. The molecule has 0 bridgehead atoms. The average molecular weight is 360 g/mol. The van der Waals surface area contributed by atoms with Crippen molar-refractivity contribution in [3.63, 3.8) is 0 Å². The van der Waals surface area contributed by atoms with Gasteiger partial charge in [0.2, 0.25) is 0 Å². The van der Waals surface area contributed by atoms with Crippen molar-refractivity contribution in [1.29, 1.82) is 5.26 Å². The van der Waals surface area contributed by atoms with Crippen molar-refractivity contribution in [2.45, 2.75) is 40.7 Å². The molecule has 0 aliphatic carbocycles. The first-order valence-corrected chi connectivity index (χ1v) is 8.69. The molecule has 0 saturated carbocycles. The minimum Gasteiger partial charge on any atom is -0.462 e. The van der Waals surface area contributed by atoms with E-state index in [1.165, 1.54) is 0 Å². The molecule has 0 unspecified atom stereocenters. The summed E-state index contributed by atoms with van der Waals surface area (Å²) in [7, 11) is 0. The largest absolute Gasteiger partial charge is 0.462 e. The van der Waals surface area contributed by atoms with E-state index in [0.29, 0.717) is 21.1 Å². The summed E-state index contributed by atoms with van der Waals surface area (Å²) in [6.07, 6.45) is 0. The van der Waals surface area contributed by atoms with Crippen LogP contribution in [0.25, 0.3) is 0 Å². The van der Waals surface area contributed by atoms with Gasteiger partial charge in [-0.2, -0.15) is 10.4 Å². The molecule has 0 aromatic carbocycles. The fraction of sp³-hybridized carbons (Fsp3) is 0.412. The Labute approximate surface area is 150 Å². The standard InChI is InChI=1S/C17H20N4O3S/c1-6-24-17(23)14-11(5)12(8-18)16(25-14)19-15(22)13-7-10(4)20-21(13)9(2)3/h7,9H,6H2,1-5H3,(H,19,22). The van der Waals surface area contributed by atoms with E-state index in [1.807, 2.05) is 26.8 Å². The van der Waals surface area contributed by atoms with Crippen LogP contribution in [-0.2, 0) is 4.74 Å². The molecule has 8 heteroatoms. The lowest BCUT2D eigenvalue weighted by atomic mass is 10.2. The van der Waals surface area contributed by atoms with Crippen molar-refractivity contribution in [1.82, 2.24) is 9.78 Å². The summed E-state index contributed by atoms with van der Waals surface area (Å²) < 4.78 is 6.63. The summed E-state index contributed by atoms with van der Waals surface area (Å²) in [5, 5.41) is 16.8. The summed E-state index contributed by atoms with van der Waals surface area (Å²) in [4.78, 5) is 25.0. The number of carbonyl (C=O) groups excluding carboxylic acids is 2. The molecule has 2 heterocycles. The van der Waals surface area contributed by atoms with E-state index >= 15 is 0 Å². The van der Waals surface area contributed by atoms with E-state index < -0.39 is 5.97 Å². The van der Waals surface area contributed by atoms with Gasteiger partial charge in [0.25, 0.3) is 5.91 Å². The second-order valence-electron chi connectivity index (χ2n) is 5.76. The third kappa shape index (κ3) is 3.72. The first-order valence-electron chi connectivity index (χ1n) is 7.88. The first kappa shape index (κ1) is 18.7. The molecule has 25 heavy (non-hydrogen) atoms. The Morgan fingerprint density at radius 3 is 2.68 bits per heavy atom. The van der Waals surface area contributed by atoms with Crippen LogP contribution in [0.5, 0.6) is 0 Å². The van der Waals surface area contributed by atoms with Crippen molar-refractivity contribution >= 4 is 28.2 Å². The number of ether oxygens (including phenoxy) is 1. The number of amides is 1. The van der Waals surface area contributed by atoms with Crippen LogP contribution in [0.3, 0.4) is 0 Å². The Hall–Kier alpha value is -2.66. The number of thiophene rings is 1. The number of hydrogen-bond donors (Lipinski definition) is 1. The smallest absolute Gasteiger partial charge is 0.348 e. The summed E-state index contributed by atoms with van der Waals surface area (Å²) in [5.41, 5.74) is 1.91. The zero-order chi connectivity index (χ0) is 18.7. The van der Waals surface area contributed by atoms with Crippen LogP contribution in [0.1, 0.15) is 63.8 Å². The molecule has 0 atom stereocenters. The van der Waals surface area contributed by atoms with Gasteiger partial charge >= 0.3 is 5.97 Å². The molecular formula is C17H20N4O3S. The van der Waals surface area contributed by atoms with E-state index in [9.17, 15) is 14.9 Å². The van der Waals surface area contributed by atoms with Crippen LogP contribution in [0.2, 0.25) is 0 Å². The maximum Gasteiger partial charge on any atom is 0.348 e. The van der Waals surface area contributed by atoms with Crippen LogP contribution < -0.4 is 5.32 Å². The van der Waals surface area contributed by atoms with Crippen molar-refractivity contribution in [2.24, 2.45) is 0 Å². The number of anilines is 1. The maximum atomic E-state index is 12.6. The highest BCUT2D eigenvalue weighted by Crippen LogP contribution is 2.33. The van der Waals surface area contributed by atoms with Gasteiger partial charge in [0.1, 0.15) is 21.6 Å². The fourth-order valence-corrected chi connectivity index (χ4v) is 3.42. The normalized spacial score (nSPS) is 10.6. The Morgan fingerprint density at radius 1 is 1.44 bits per heavy atom. The quantitative estimate of drug-likeness (QED) is 0.824. The second kappa shape index (κ2) is 7.49. The van der Waals surface area contributed by atoms with Gasteiger partial charge in [0.05, 0.1) is 17.9 Å². The van der Waals surface area contributed by atoms with Crippen LogP contribution in [0, 0.1) is 25.2 Å². The lowest BCUT2D eigenvalue weighted by molar-refractivity contribution is 0.0531. The third-order valence-electron chi connectivity index (χ3n) is 3.53. The number of nitrogens with zero attached hydrogens (tertiary/aromatic N) is 3. The third-order valence-corrected chi connectivity index (χ3v) is 4.71. The molecule has 0 saturated heterocycles. The molecule has 7 nitrogen and oxygen atoms in total. The summed E-state index contributed by atoms with van der Waals surface area (Å²) in [5.74, 6) is -0.868. The van der Waals surface area contributed by atoms with E-state index in [-0.39, 0.29) is 24.1 Å². The van der Waals surface area contributed by atoms with Gasteiger partial charge < -0.3 is 10.1 Å². The van der Waals surface area contributed by atoms with E-state index in [1.54, 1.807) is 24.6 Å². The topological polar surface area (TPSA) is 97.0 Å². The molecule has 2 aromatic rings. The van der Waals surface area contributed by atoms with Gasteiger partial charge in [-0.3, -0.25) is 9.48 Å².